The SMILES string of the molecule is C[C@@]12C[C@@]3(O)O[C@H](O1)C1C3CC12OC1OC(CO)C(O)C(O)C1O. The summed E-state index contributed by atoms with van der Waals surface area (Å²) in [5.41, 5.74) is -1.58. The van der Waals surface area contributed by atoms with Crippen molar-refractivity contribution in [3.05, 3.63) is 0 Å². The molecule has 0 aromatic heterocycles. The Hall–Kier alpha value is -0.360. The first-order chi connectivity index (χ1) is 11.2. The molecule has 0 aromatic carbocycles. The summed E-state index contributed by atoms with van der Waals surface area (Å²) < 4.78 is 23.1. The second kappa shape index (κ2) is 4.48. The van der Waals surface area contributed by atoms with E-state index in [2.05, 4.69) is 0 Å². The van der Waals surface area contributed by atoms with E-state index in [4.69, 9.17) is 18.9 Å². The van der Waals surface area contributed by atoms with Gasteiger partial charge in [-0.2, -0.15) is 0 Å². The van der Waals surface area contributed by atoms with Crippen LogP contribution < -0.4 is 0 Å². The first kappa shape index (κ1) is 15.9. The Morgan fingerprint density at radius 1 is 1.12 bits per heavy atom. The van der Waals surface area contributed by atoms with E-state index in [9.17, 15) is 25.5 Å². The molecule has 5 N–H and O–H groups in total. The standard InChI is InChI=1S/C15H22O9/c1-13-4-15(20)5-2-14(13,7(5)11(22-13)24-15)23-12-10(19)9(18)8(17)6(3-16)21-12/h5-12,16-20H,2-4H2,1H3/t5?,6?,7?,8?,9?,10?,11-,12?,13-,14?,15+/m0/s1. The molecule has 4 aliphatic heterocycles. The van der Waals surface area contributed by atoms with E-state index < -0.39 is 60.6 Å². The van der Waals surface area contributed by atoms with Crippen LogP contribution in [0.5, 0.6) is 0 Å². The summed E-state index contributed by atoms with van der Waals surface area (Å²) in [5.74, 6) is -1.46. The molecular weight excluding hydrogens is 324 g/mol. The first-order valence-corrected chi connectivity index (χ1v) is 8.31. The van der Waals surface area contributed by atoms with Crippen molar-refractivity contribution in [3.63, 3.8) is 0 Å². The van der Waals surface area contributed by atoms with E-state index >= 15 is 0 Å². The minimum Gasteiger partial charge on any atom is -0.394 e. The second-order valence-electron chi connectivity index (χ2n) is 7.90. The molecule has 136 valence electrons. The average Bonchev–Trinajstić information content (AvgIpc) is 2.72. The van der Waals surface area contributed by atoms with E-state index in [1.54, 1.807) is 0 Å². The van der Waals surface area contributed by atoms with E-state index in [0.29, 0.717) is 6.42 Å². The van der Waals surface area contributed by atoms with Gasteiger partial charge in [0, 0.05) is 12.3 Å². The predicted molar refractivity (Wildman–Crippen MR) is 73.1 cm³/mol. The van der Waals surface area contributed by atoms with E-state index in [-0.39, 0.29) is 18.3 Å². The normalized spacial score (nSPS) is 66.8. The van der Waals surface area contributed by atoms with Crippen molar-refractivity contribution in [2.45, 2.75) is 73.8 Å². The highest BCUT2D eigenvalue weighted by atomic mass is 16.8. The van der Waals surface area contributed by atoms with Gasteiger partial charge in [-0.25, -0.2) is 0 Å². The summed E-state index contributed by atoms with van der Waals surface area (Å²) in [6, 6.07) is 0. The molecule has 0 spiro atoms. The lowest BCUT2D eigenvalue weighted by Crippen LogP contribution is -2.75. The molecule has 0 amide bonds. The van der Waals surface area contributed by atoms with Crippen LogP contribution in [0, 0.1) is 11.8 Å². The van der Waals surface area contributed by atoms with Crippen molar-refractivity contribution < 1.29 is 44.5 Å². The number of ether oxygens (including phenoxy) is 4. The quantitative estimate of drug-likeness (QED) is 0.373. The molecule has 0 aromatic rings. The van der Waals surface area contributed by atoms with Gasteiger partial charge in [-0.3, -0.25) is 0 Å². The second-order valence-corrected chi connectivity index (χ2v) is 7.90. The lowest BCUT2D eigenvalue weighted by molar-refractivity contribution is -0.413. The topological polar surface area (TPSA) is 138 Å². The van der Waals surface area contributed by atoms with Crippen LogP contribution in [0.3, 0.4) is 0 Å². The molecule has 0 radical (unpaired) electrons. The molecule has 7 aliphatic rings. The minimum atomic E-state index is -1.49. The molecular formula is C15H22O9. The molecule has 4 heterocycles. The predicted octanol–water partition coefficient (Wildman–Crippen LogP) is -2.58. The highest BCUT2D eigenvalue weighted by molar-refractivity contribution is 5.30. The van der Waals surface area contributed by atoms with Gasteiger partial charge in [0.15, 0.2) is 18.4 Å². The highest BCUT2D eigenvalue weighted by Crippen LogP contribution is 2.75. The zero-order chi connectivity index (χ0) is 17.1. The Morgan fingerprint density at radius 2 is 1.88 bits per heavy atom. The van der Waals surface area contributed by atoms with Crippen molar-refractivity contribution in [1.82, 2.24) is 0 Å². The molecule has 11 atom stereocenters. The van der Waals surface area contributed by atoms with Gasteiger partial charge in [-0.1, -0.05) is 0 Å². The molecule has 8 unspecified atom stereocenters. The Labute approximate surface area is 137 Å². The van der Waals surface area contributed by atoms with Crippen molar-refractivity contribution in [2.75, 3.05) is 6.61 Å². The van der Waals surface area contributed by atoms with Gasteiger partial charge in [0.2, 0.25) is 0 Å². The van der Waals surface area contributed by atoms with Gasteiger partial charge in [-0.15, -0.1) is 0 Å². The molecule has 7 rings (SSSR count). The van der Waals surface area contributed by atoms with Crippen LogP contribution in [-0.4, -0.2) is 86.1 Å². The Balaban J connectivity index is 1.43. The van der Waals surface area contributed by atoms with Gasteiger partial charge in [-0.05, 0) is 13.3 Å². The van der Waals surface area contributed by atoms with E-state index in [1.807, 2.05) is 6.92 Å². The average molecular weight is 346 g/mol. The number of hydrogen-bond acceptors (Lipinski definition) is 9. The lowest BCUT2D eigenvalue weighted by Gasteiger charge is -2.63. The number of hydrogen-bond donors (Lipinski definition) is 5. The Morgan fingerprint density at radius 3 is 2.54 bits per heavy atom. The molecule has 24 heavy (non-hydrogen) atoms. The Kier molecular flexibility index (Phi) is 2.96. The summed E-state index contributed by atoms with van der Waals surface area (Å²) in [4.78, 5) is 0. The van der Waals surface area contributed by atoms with E-state index in [1.165, 1.54) is 0 Å². The third-order valence-electron chi connectivity index (χ3n) is 6.72. The minimum absolute atomic E-state index is 0.0945. The Bertz CT molecular complexity index is 571. The van der Waals surface area contributed by atoms with Gasteiger partial charge in [0.25, 0.3) is 0 Å². The smallest absolute Gasteiger partial charge is 0.187 e. The van der Waals surface area contributed by atoms with Crippen LogP contribution >= 0.6 is 0 Å². The maximum atomic E-state index is 10.6. The third-order valence-corrected chi connectivity index (χ3v) is 6.72. The van der Waals surface area contributed by atoms with Gasteiger partial charge < -0.3 is 44.5 Å². The molecule has 9 heteroatoms. The zero-order valence-corrected chi connectivity index (χ0v) is 13.1. The summed E-state index contributed by atoms with van der Waals surface area (Å²) in [6.07, 6.45) is -6.41. The molecule has 6 bridgehead atoms. The maximum absolute atomic E-state index is 10.6. The van der Waals surface area contributed by atoms with Gasteiger partial charge >= 0.3 is 0 Å². The van der Waals surface area contributed by atoms with Crippen molar-refractivity contribution >= 4 is 0 Å². The summed E-state index contributed by atoms with van der Waals surface area (Å²) in [5, 5.41) is 49.9. The number of rotatable bonds is 3. The summed E-state index contributed by atoms with van der Waals surface area (Å²) >= 11 is 0. The monoisotopic (exact) mass is 346 g/mol. The molecule has 4 saturated heterocycles. The fraction of sp³-hybridized carbons (Fsp3) is 1.00. The van der Waals surface area contributed by atoms with Gasteiger partial charge in [0.1, 0.15) is 35.6 Å². The maximum Gasteiger partial charge on any atom is 0.187 e. The molecule has 3 saturated carbocycles. The van der Waals surface area contributed by atoms with E-state index in [0.717, 1.165) is 0 Å². The van der Waals surface area contributed by atoms with Crippen LogP contribution in [0.2, 0.25) is 0 Å². The summed E-state index contributed by atoms with van der Waals surface area (Å²) in [7, 11) is 0. The lowest BCUT2D eigenvalue weighted by atomic mass is 9.48. The fourth-order valence-electron chi connectivity index (χ4n) is 5.46. The number of aliphatic hydroxyl groups is 5. The molecule has 7 fully saturated rings. The van der Waals surface area contributed by atoms with Crippen molar-refractivity contribution in [2.24, 2.45) is 11.8 Å². The zero-order valence-electron chi connectivity index (χ0n) is 13.1. The fourth-order valence-corrected chi connectivity index (χ4v) is 5.46. The van der Waals surface area contributed by atoms with Gasteiger partial charge in [0.05, 0.1) is 12.5 Å². The third kappa shape index (κ3) is 1.57. The van der Waals surface area contributed by atoms with Crippen LogP contribution in [-0.2, 0) is 18.9 Å². The molecule has 3 aliphatic carbocycles. The summed E-state index contributed by atoms with van der Waals surface area (Å²) in [6.45, 7) is 1.33. The van der Waals surface area contributed by atoms with Crippen LogP contribution in [0.15, 0.2) is 0 Å². The van der Waals surface area contributed by atoms with Crippen molar-refractivity contribution in [3.8, 4) is 0 Å². The first-order valence-electron chi connectivity index (χ1n) is 8.31. The van der Waals surface area contributed by atoms with Crippen LogP contribution in [0.4, 0.5) is 0 Å². The molecule has 9 nitrogen and oxygen atoms in total. The van der Waals surface area contributed by atoms with Crippen LogP contribution in [0.25, 0.3) is 0 Å². The number of aliphatic hydroxyl groups excluding tert-OH is 4. The largest absolute Gasteiger partial charge is 0.394 e. The highest BCUT2D eigenvalue weighted by Gasteiger charge is 2.87. The van der Waals surface area contributed by atoms with Crippen LogP contribution in [0.1, 0.15) is 19.8 Å². The van der Waals surface area contributed by atoms with Crippen molar-refractivity contribution in [1.29, 1.82) is 0 Å².